The smallest absolute Gasteiger partial charge is 0.0975 e. The fourth-order valence-electron chi connectivity index (χ4n) is 1.35. The normalized spacial score (nSPS) is 13.9. The molecule has 15 heavy (non-hydrogen) atoms. The summed E-state index contributed by atoms with van der Waals surface area (Å²) in [6.45, 7) is 6.46. The Morgan fingerprint density at radius 3 is 2.67 bits per heavy atom. The second-order valence-corrected chi connectivity index (χ2v) is 5.39. The van der Waals surface area contributed by atoms with Crippen molar-refractivity contribution in [1.82, 2.24) is 4.98 Å². The van der Waals surface area contributed by atoms with Crippen molar-refractivity contribution in [2.45, 2.75) is 39.7 Å². The van der Waals surface area contributed by atoms with E-state index in [-0.39, 0.29) is 5.41 Å². The van der Waals surface area contributed by atoms with Crippen molar-refractivity contribution in [3.05, 3.63) is 29.0 Å². The highest BCUT2D eigenvalue weighted by Gasteiger charge is 2.17. The van der Waals surface area contributed by atoms with Crippen molar-refractivity contribution in [3.63, 3.8) is 0 Å². The first-order chi connectivity index (χ1) is 6.90. The van der Waals surface area contributed by atoms with Gasteiger partial charge in [0.15, 0.2) is 0 Å². The zero-order valence-corrected chi connectivity index (χ0v) is 10.3. The van der Waals surface area contributed by atoms with E-state index < -0.39 is 6.10 Å². The van der Waals surface area contributed by atoms with Crippen LogP contribution in [0.4, 0.5) is 0 Å². The van der Waals surface area contributed by atoms with Crippen molar-refractivity contribution in [2.75, 3.05) is 0 Å². The Hall–Kier alpha value is -0.600. The molecule has 3 heteroatoms. The third-order valence-corrected chi connectivity index (χ3v) is 2.59. The molecular formula is C12H18ClNO. The summed E-state index contributed by atoms with van der Waals surface area (Å²) in [4.78, 5) is 4.10. The SMILES string of the molecule is CC(C)(C)CCC(O)c1ncccc1Cl. The van der Waals surface area contributed by atoms with E-state index >= 15 is 0 Å². The first-order valence-electron chi connectivity index (χ1n) is 5.18. The second-order valence-electron chi connectivity index (χ2n) is 4.99. The van der Waals surface area contributed by atoms with E-state index in [9.17, 15) is 5.11 Å². The molecule has 0 amide bonds. The van der Waals surface area contributed by atoms with Crippen LogP contribution < -0.4 is 0 Å². The molecule has 1 atom stereocenters. The number of hydrogen-bond acceptors (Lipinski definition) is 2. The minimum Gasteiger partial charge on any atom is -0.387 e. The molecule has 0 fully saturated rings. The minimum atomic E-state index is -0.557. The van der Waals surface area contributed by atoms with Gasteiger partial charge in [0, 0.05) is 6.20 Å². The first kappa shape index (κ1) is 12.5. The van der Waals surface area contributed by atoms with Gasteiger partial charge in [-0.1, -0.05) is 32.4 Å². The van der Waals surface area contributed by atoms with Crippen molar-refractivity contribution >= 4 is 11.6 Å². The van der Waals surface area contributed by atoms with Gasteiger partial charge >= 0.3 is 0 Å². The standard InChI is InChI=1S/C12H18ClNO/c1-12(2,3)7-6-10(15)11-9(13)5-4-8-14-11/h4-5,8,10,15H,6-7H2,1-3H3. The number of aromatic nitrogens is 1. The van der Waals surface area contributed by atoms with E-state index in [1.807, 2.05) is 0 Å². The van der Waals surface area contributed by atoms with Gasteiger partial charge in [-0.2, -0.15) is 0 Å². The third kappa shape index (κ3) is 4.18. The largest absolute Gasteiger partial charge is 0.387 e. The predicted molar refractivity (Wildman–Crippen MR) is 62.9 cm³/mol. The quantitative estimate of drug-likeness (QED) is 0.856. The molecule has 1 aromatic heterocycles. The number of halogens is 1. The Bertz CT molecular complexity index is 320. The molecular weight excluding hydrogens is 210 g/mol. The second kappa shape index (κ2) is 4.95. The van der Waals surface area contributed by atoms with Gasteiger partial charge in [-0.3, -0.25) is 4.98 Å². The summed E-state index contributed by atoms with van der Waals surface area (Å²) in [7, 11) is 0. The Kier molecular flexibility index (Phi) is 4.12. The van der Waals surface area contributed by atoms with Gasteiger partial charge in [-0.25, -0.2) is 0 Å². The van der Waals surface area contributed by atoms with Crippen LogP contribution in [-0.2, 0) is 0 Å². The lowest BCUT2D eigenvalue weighted by molar-refractivity contribution is 0.143. The average molecular weight is 228 g/mol. The number of hydrogen-bond donors (Lipinski definition) is 1. The summed E-state index contributed by atoms with van der Waals surface area (Å²) in [6.07, 6.45) is 2.74. The molecule has 0 spiro atoms. The lowest BCUT2D eigenvalue weighted by Crippen LogP contribution is -2.09. The van der Waals surface area contributed by atoms with Crippen molar-refractivity contribution in [2.24, 2.45) is 5.41 Å². The Morgan fingerprint density at radius 2 is 2.13 bits per heavy atom. The maximum atomic E-state index is 9.92. The third-order valence-electron chi connectivity index (χ3n) is 2.27. The number of nitrogens with zero attached hydrogens (tertiary/aromatic N) is 1. The Balaban J connectivity index is 2.62. The van der Waals surface area contributed by atoms with Crippen molar-refractivity contribution in [1.29, 1.82) is 0 Å². The molecule has 0 aromatic carbocycles. The molecule has 1 rings (SSSR count). The molecule has 2 nitrogen and oxygen atoms in total. The van der Waals surface area contributed by atoms with Crippen molar-refractivity contribution < 1.29 is 5.11 Å². The zero-order valence-electron chi connectivity index (χ0n) is 9.50. The Labute approximate surface area is 96.3 Å². The van der Waals surface area contributed by atoms with Crippen LogP contribution in [0.25, 0.3) is 0 Å². The van der Waals surface area contributed by atoms with E-state index in [1.165, 1.54) is 0 Å². The fourth-order valence-corrected chi connectivity index (χ4v) is 1.60. The summed E-state index contributed by atoms with van der Waals surface area (Å²) in [5.41, 5.74) is 0.811. The van der Waals surface area contributed by atoms with E-state index in [0.717, 1.165) is 6.42 Å². The van der Waals surface area contributed by atoms with E-state index in [0.29, 0.717) is 17.1 Å². The lowest BCUT2D eigenvalue weighted by atomic mass is 9.89. The van der Waals surface area contributed by atoms with Gasteiger partial charge < -0.3 is 5.11 Å². The van der Waals surface area contributed by atoms with Crippen LogP contribution in [0.3, 0.4) is 0 Å². The fraction of sp³-hybridized carbons (Fsp3) is 0.583. The van der Waals surface area contributed by atoms with Crippen molar-refractivity contribution in [3.8, 4) is 0 Å². The van der Waals surface area contributed by atoms with Gasteiger partial charge in [-0.15, -0.1) is 0 Å². The van der Waals surface area contributed by atoms with Gasteiger partial charge in [0.1, 0.15) is 0 Å². The summed E-state index contributed by atoms with van der Waals surface area (Å²) in [6, 6.07) is 3.52. The summed E-state index contributed by atoms with van der Waals surface area (Å²) in [5.74, 6) is 0. The zero-order chi connectivity index (χ0) is 11.5. The molecule has 84 valence electrons. The summed E-state index contributed by atoms with van der Waals surface area (Å²) in [5, 5.41) is 10.5. The molecule has 0 aliphatic heterocycles. The minimum absolute atomic E-state index is 0.224. The number of aliphatic hydroxyl groups is 1. The summed E-state index contributed by atoms with van der Waals surface area (Å²) < 4.78 is 0. The van der Waals surface area contributed by atoms with Gasteiger partial charge in [0.25, 0.3) is 0 Å². The monoisotopic (exact) mass is 227 g/mol. The highest BCUT2D eigenvalue weighted by Crippen LogP contribution is 2.29. The molecule has 1 N–H and O–H groups in total. The molecule has 1 unspecified atom stereocenters. The van der Waals surface area contributed by atoms with E-state index in [4.69, 9.17) is 11.6 Å². The molecule has 0 bridgehead atoms. The molecule has 0 saturated heterocycles. The van der Waals surface area contributed by atoms with Gasteiger partial charge in [0.05, 0.1) is 16.8 Å². The topological polar surface area (TPSA) is 33.1 Å². The molecule has 1 heterocycles. The van der Waals surface area contributed by atoms with Crippen LogP contribution in [0, 0.1) is 5.41 Å². The number of pyridine rings is 1. The number of rotatable bonds is 3. The van der Waals surface area contributed by atoms with E-state index in [2.05, 4.69) is 25.8 Å². The lowest BCUT2D eigenvalue weighted by Gasteiger charge is -2.20. The molecule has 0 saturated carbocycles. The molecule has 0 aliphatic carbocycles. The maximum Gasteiger partial charge on any atom is 0.0975 e. The highest BCUT2D eigenvalue weighted by atomic mass is 35.5. The molecule has 0 aliphatic rings. The maximum absolute atomic E-state index is 9.92. The molecule has 0 radical (unpaired) electrons. The molecule has 1 aromatic rings. The predicted octanol–water partition coefficient (Wildman–Crippen LogP) is 3.59. The van der Waals surface area contributed by atoms with E-state index in [1.54, 1.807) is 18.3 Å². The van der Waals surface area contributed by atoms with Crippen LogP contribution in [0.15, 0.2) is 18.3 Å². The van der Waals surface area contributed by atoms with Crippen LogP contribution in [0.2, 0.25) is 5.02 Å². The van der Waals surface area contributed by atoms with Gasteiger partial charge in [-0.05, 0) is 30.4 Å². The van der Waals surface area contributed by atoms with Crippen LogP contribution >= 0.6 is 11.6 Å². The van der Waals surface area contributed by atoms with Crippen LogP contribution in [-0.4, -0.2) is 10.1 Å². The first-order valence-corrected chi connectivity index (χ1v) is 5.56. The van der Waals surface area contributed by atoms with Gasteiger partial charge in [0.2, 0.25) is 0 Å². The number of aliphatic hydroxyl groups excluding tert-OH is 1. The average Bonchev–Trinajstić information content (AvgIpc) is 2.14. The Morgan fingerprint density at radius 1 is 1.47 bits per heavy atom. The van der Waals surface area contributed by atoms with Crippen LogP contribution in [0.5, 0.6) is 0 Å². The van der Waals surface area contributed by atoms with Crippen LogP contribution in [0.1, 0.15) is 45.4 Å². The summed E-state index contributed by atoms with van der Waals surface area (Å²) >= 11 is 5.95. The highest BCUT2D eigenvalue weighted by molar-refractivity contribution is 6.31.